The predicted octanol–water partition coefficient (Wildman–Crippen LogP) is 4.22. The fourth-order valence-electron chi connectivity index (χ4n) is 3.08. The Morgan fingerprint density at radius 1 is 1.26 bits per heavy atom. The zero-order valence-electron chi connectivity index (χ0n) is 16.1. The fraction of sp³-hybridized carbons (Fsp3) is 0.500. The summed E-state index contributed by atoms with van der Waals surface area (Å²) in [6.45, 7) is 8.93. The molecular weight excluding hydrogens is 469 g/mol. The van der Waals surface area contributed by atoms with Crippen LogP contribution in [0.2, 0.25) is 0 Å². The van der Waals surface area contributed by atoms with Crippen LogP contribution in [0.15, 0.2) is 40.1 Å². The lowest BCUT2D eigenvalue weighted by Gasteiger charge is -2.16. The normalized spacial score (nSPS) is 15.3. The summed E-state index contributed by atoms with van der Waals surface area (Å²) < 4.78 is 0. The van der Waals surface area contributed by atoms with E-state index in [-0.39, 0.29) is 24.0 Å². The summed E-state index contributed by atoms with van der Waals surface area (Å²) in [6, 6.07) is 6.45. The third-order valence-corrected chi connectivity index (χ3v) is 5.39. The molecule has 0 spiro atoms. The van der Waals surface area contributed by atoms with Crippen LogP contribution in [0.5, 0.6) is 0 Å². The van der Waals surface area contributed by atoms with Gasteiger partial charge in [0.2, 0.25) is 0 Å². The van der Waals surface area contributed by atoms with Gasteiger partial charge in [-0.05, 0) is 59.7 Å². The first-order valence-electron chi connectivity index (χ1n) is 9.50. The largest absolute Gasteiger partial charge is 0.357 e. The number of aromatic nitrogens is 1. The predicted molar refractivity (Wildman–Crippen MR) is 127 cm³/mol. The van der Waals surface area contributed by atoms with E-state index in [1.807, 2.05) is 6.20 Å². The van der Waals surface area contributed by atoms with Crippen LogP contribution < -0.4 is 15.5 Å². The molecule has 0 radical (unpaired) electrons. The zero-order valence-corrected chi connectivity index (χ0v) is 19.3. The number of hydrogen-bond acceptors (Lipinski definition) is 4. The molecule has 1 aliphatic rings. The van der Waals surface area contributed by atoms with E-state index in [2.05, 4.69) is 63.3 Å². The summed E-state index contributed by atoms with van der Waals surface area (Å²) in [4.78, 5) is 11.7. The number of pyridine rings is 1. The average Bonchev–Trinajstić information content (AvgIpc) is 3.38. The number of thiophene rings is 1. The molecule has 2 aromatic heterocycles. The molecule has 3 heterocycles. The van der Waals surface area contributed by atoms with Gasteiger partial charge in [0.25, 0.3) is 0 Å². The van der Waals surface area contributed by atoms with Gasteiger partial charge < -0.3 is 15.5 Å². The molecule has 0 aliphatic carbocycles. The van der Waals surface area contributed by atoms with Crippen LogP contribution in [0, 0.1) is 0 Å². The van der Waals surface area contributed by atoms with E-state index in [9.17, 15) is 0 Å². The molecule has 1 fully saturated rings. The molecule has 1 unspecified atom stereocenters. The monoisotopic (exact) mass is 499 g/mol. The van der Waals surface area contributed by atoms with Gasteiger partial charge >= 0.3 is 0 Å². The van der Waals surface area contributed by atoms with E-state index in [0.29, 0.717) is 12.5 Å². The number of halogens is 1. The molecule has 5 nitrogen and oxygen atoms in total. The van der Waals surface area contributed by atoms with Gasteiger partial charge in [0.05, 0.1) is 6.54 Å². The van der Waals surface area contributed by atoms with Crippen molar-refractivity contribution >= 4 is 47.1 Å². The third kappa shape index (κ3) is 6.64. The number of anilines is 1. The summed E-state index contributed by atoms with van der Waals surface area (Å²) in [6.07, 6.45) is 4.50. The van der Waals surface area contributed by atoms with Crippen molar-refractivity contribution in [2.24, 2.45) is 4.99 Å². The molecule has 27 heavy (non-hydrogen) atoms. The van der Waals surface area contributed by atoms with Crippen LogP contribution in [-0.4, -0.2) is 37.1 Å². The van der Waals surface area contributed by atoms with Gasteiger partial charge in [-0.2, -0.15) is 11.3 Å². The van der Waals surface area contributed by atoms with Crippen molar-refractivity contribution in [3.63, 3.8) is 0 Å². The Labute approximate surface area is 183 Å². The highest BCUT2D eigenvalue weighted by Crippen LogP contribution is 2.18. The Bertz CT molecular complexity index is 681. The Morgan fingerprint density at radius 3 is 2.70 bits per heavy atom. The summed E-state index contributed by atoms with van der Waals surface area (Å²) in [5.74, 6) is 2.41. The minimum Gasteiger partial charge on any atom is -0.357 e. The molecule has 2 N–H and O–H groups in total. The highest BCUT2D eigenvalue weighted by molar-refractivity contribution is 14.0. The topological polar surface area (TPSA) is 52.6 Å². The van der Waals surface area contributed by atoms with Crippen molar-refractivity contribution < 1.29 is 0 Å². The van der Waals surface area contributed by atoms with Crippen LogP contribution in [0.4, 0.5) is 5.82 Å². The maximum Gasteiger partial charge on any atom is 0.191 e. The number of hydrogen-bond donors (Lipinski definition) is 2. The molecule has 2 aromatic rings. The standard InChI is InChI=1S/C20H29N5S.HI/c1-3-21-20(23-12-16(2)18-8-11-26-15-18)24-14-17-6-7-19(22-13-17)25-9-4-5-10-25;/h6-8,11,13,15-16H,3-5,9-10,12,14H2,1-2H3,(H2,21,23,24);1H. The first-order valence-corrected chi connectivity index (χ1v) is 10.4. The number of nitrogens with zero attached hydrogens (tertiary/aromatic N) is 3. The minimum atomic E-state index is 0. The van der Waals surface area contributed by atoms with Crippen molar-refractivity contribution in [2.75, 3.05) is 31.1 Å². The van der Waals surface area contributed by atoms with Gasteiger partial charge in [0.15, 0.2) is 5.96 Å². The second-order valence-electron chi connectivity index (χ2n) is 6.75. The highest BCUT2D eigenvalue weighted by Gasteiger charge is 2.13. The highest BCUT2D eigenvalue weighted by atomic mass is 127. The fourth-order valence-corrected chi connectivity index (χ4v) is 3.86. The Hall–Kier alpha value is -1.35. The first kappa shape index (κ1) is 21.9. The molecule has 0 amide bonds. The summed E-state index contributed by atoms with van der Waals surface area (Å²) in [5, 5.41) is 11.1. The Morgan fingerprint density at radius 2 is 2.07 bits per heavy atom. The molecule has 1 saturated heterocycles. The van der Waals surface area contributed by atoms with Crippen molar-refractivity contribution in [2.45, 2.75) is 39.2 Å². The van der Waals surface area contributed by atoms with Crippen LogP contribution in [0.1, 0.15) is 43.7 Å². The van der Waals surface area contributed by atoms with Gasteiger partial charge in [-0.1, -0.05) is 13.0 Å². The molecule has 0 bridgehead atoms. The zero-order chi connectivity index (χ0) is 18.2. The van der Waals surface area contributed by atoms with E-state index in [1.165, 1.54) is 18.4 Å². The lowest BCUT2D eigenvalue weighted by atomic mass is 10.1. The number of aliphatic imine (C=N–C) groups is 1. The summed E-state index contributed by atoms with van der Waals surface area (Å²) >= 11 is 1.75. The minimum absolute atomic E-state index is 0. The molecule has 7 heteroatoms. The van der Waals surface area contributed by atoms with Gasteiger partial charge in [-0.3, -0.25) is 0 Å². The lowest BCUT2D eigenvalue weighted by molar-refractivity contribution is 0.701. The molecule has 148 valence electrons. The molecule has 1 atom stereocenters. The van der Waals surface area contributed by atoms with Crippen molar-refractivity contribution in [3.8, 4) is 0 Å². The van der Waals surface area contributed by atoms with Gasteiger partial charge in [-0.15, -0.1) is 24.0 Å². The van der Waals surface area contributed by atoms with E-state index in [4.69, 9.17) is 4.99 Å². The second kappa shape index (κ2) is 11.5. The van der Waals surface area contributed by atoms with E-state index < -0.39 is 0 Å². The van der Waals surface area contributed by atoms with Gasteiger partial charge in [-0.25, -0.2) is 9.98 Å². The second-order valence-corrected chi connectivity index (χ2v) is 7.53. The Balaban J connectivity index is 0.00000261. The van der Waals surface area contributed by atoms with E-state index in [0.717, 1.165) is 43.5 Å². The van der Waals surface area contributed by atoms with Crippen molar-refractivity contribution in [1.29, 1.82) is 0 Å². The maximum absolute atomic E-state index is 4.71. The van der Waals surface area contributed by atoms with Gasteiger partial charge in [0, 0.05) is 32.4 Å². The van der Waals surface area contributed by atoms with Crippen LogP contribution in [-0.2, 0) is 6.54 Å². The quantitative estimate of drug-likeness (QED) is 0.341. The number of nitrogens with one attached hydrogen (secondary N) is 2. The Kier molecular flexibility index (Phi) is 9.33. The van der Waals surface area contributed by atoms with Crippen LogP contribution >= 0.6 is 35.3 Å². The first-order chi connectivity index (χ1) is 12.8. The van der Waals surface area contributed by atoms with Crippen LogP contribution in [0.25, 0.3) is 0 Å². The summed E-state index contributed by atoms with van der Waals surface area (Å²) in [5.41, 5.74) is 2.51. The van der Waals surface area contributed by atoms with Crippen molar-refractivity contribution in [3.05, 3.63) is 46.3 Å². The average molecular weight is 499 g/mol. The number of rotatable bonds is 7. The molecule has 0 aromatic carbocycles. The SMILES string of the molecule is CCNC(=NCc1ccc(N2CCCC2)nc1)NCC(C)c1ccsc1.I. The summed E-state index contributed by atoms with van der Waals surface area (Å²) in [7, 11) is 0. The smallest absolute Gasteiger partial charge is 0.191 e. The van der Waals surface area contributed by atoms with Crippen molar-refractivity contribution in [1.82, 2.24) is 15.6 Å². The van der Waals surface area contributed by atoms with Crippen LogP contribution in [0.3, 0.4) is 0 Å². The molecule has 3 rings (SSSR count). The third-order valence-electron chi connectivity index (χ3n) is 4.69. The van der Waals surface area contributed by atoms with E-state index >= 15 is 0 Å². The van der Waals surface area contributed by atoms with E-state index in [1.54, 1.807) is 11.3 Å². The molecule has 1 aliphatic heterocycles. The van der Waals surface area contributed by atoms with Gasteiger partial charge in [0.1, 0.15) is 5.82 Å². The lowest BCUT2D eigenvalue weighted by Crippen LogP contribution is -2.39. The maximum atomic E-state index is 4.71. The molecular formula is C20H30IN5S. The molecule has 0 saturated carbocycles. The number of guanidine groups is 1.